The molecule has 0 bridgehead atoms. The van der Waals surface area contributed by atoms with Gasteiger partial charge in [0.1, 0.15) is 10.8 Å². The summed E-state index contributed by atoms with van der Waals surface area (Å²) in [6, 6.07) is 3.79. The molecule has 2 N–H and O–H groups in total. The van der Waals surface area contributed by atoms with Crippen molar-refractivity contribution in [3.8, 4) is 0 Å². The fourth-order valence-corrected chi connectivity index (χ4v) is 3.55. The molecular formula is C16H22N4O2S. The van der Waals surface area contributed by atoms with Crippen LogP contribution >= 0.6 is 11.3 Å². The van der Waals surface area contributed by atoms with Crippen molar-refractivity contribution in [3.05, 3.63) is 40.2 Å². The number of rotatable bonds is 6. The second-order valence-corrected chi connectivity index (χ2v) is 6.66. The molecule has 23 heavy (non-hydrogen) atoms. The van der Waals surface area contributed by atoms with E-state index in [4.69, 9.17) is 4.42 Å². The van der Waals surface area contributed by atoms with E-state index in [-0.39, 0.29) is 12.1 Å². The molecular weight excluding hydrogens is 312 g/mol. The van der Waals surface area contributed by atoms with Crippen molar-refractivity contribution in [1.82, 2.24) is 20.5 Å². The first-order valence-electron chi connectivity index (χ1n) is 7.92. The van der Waals surface area contributed by atoms with Crippen molar-refractivity contribution in [3.63, 3.8) is 0 Å². The van der Waals surface area contributed by atoms with Gasteiger partial charge in [0.25, 0.3) is 0 Å². The van der Waals surface area contributed by atoms with Crippen LogP contribution in [-0.4, -0.2) is 35.5 Å². The number of thiazole rings is 1. The van der Waals surface area contributed by atoms with Crippen molar-refractivity contribution in [2.45, 2.75) is 32.4 Å². The second-order valence-electron chi connectivity index (χ2n) is 5.72. The molecule has 0 saturated carbocycles. The van der Waals surface area contributed by atoms with E-state index in [1.54, 1.807) is 17.6 Å². The molecule has 0 aliphatic carbocycles. The Kier molecular flexibility index (Phi) is 5.30. The average molecular weight is 334 g/mol. The molecule has 0 aromatic carbocycles. The molecule has 1 unspecified atom stereocenters. The maximum Gasteiger partial charge on any atom is 0.315 e. The molecule has 1 fully saturated rings. The van der Waals surface area contributed by atoms with Gasteiger partial charge in [0, 0.05) is 17.6 Å². The fourth-order valence-electron chi connectivity index (χ4n) is 2.84. The predicted molar refractivity (Wildman–Crippen MR) is 89.3 cm³/mol. The minimum absolute atomic E-state index is 0.0976. The van der Waals surface area contributed by atoms with Crippen LogP contribution in [0, 0.1) is 6.92 Å². The molecule has 1 saturated heterocycles. The Morgan fingerprint density at radius 3 is 2.91 bits per heavy atom. The maximum absolute atomic E-state index is 12.0. The number of hydrogen-bond donors (Lipinski definition) is 2. The molecule has 2 aromatic rings. The average Bonchev–Trinajstić information content (AvgIpc) is 3.28. The van der Waals surface area contributed by atoms with E-state index in [9.17, 15) is 4.79 Å². The zero-order valence-electron chi connectivity index (χ0n) is 13.2. The summed E-state index contributed by atoms with van der Waals surface area (Å²) >= 11 is 1.56. The van der Waals surface area contributed by atoms with Crippen LogP contribution in [0.5, 0.6) is 0 Å². The SMILES string of the molecule is Cc1csc(CNC(=O)NCC(c2ccco2)N2CCCC2)n1. The van der Waals surface area contributed by atoms with E-state index >= 15 is 0 Å². The number of aryl methyl sites for hydroxylation is 1. The third-order valence-electron chi connectivity index (χ3n) is 3.98. The normalized spacial score (nSPS) is 16.4. The topological polar surface area (TPSA) is 70.4 Å². The van der Waals surface area contributed by atoms with Crippen LogP contribution < -0.4 is 10.6 Å². The summed E-state index contributed by atoms with van der Waals surface area (Å²) in [6.45, 7) is 5.04. The Morgan fingerprint density at radius 2 is 2.26 bits per heavy atom. The summed E-state index contributed by atoms with van der Waals surface area (Å²) in [4.78, 5) is 18.7. The van der Waals surface area contributed by atoms with Crippen molar-refractivity contribution >= 4 is 17.4 Å². The summed E-state index contributed by atoms with van der Waals surface area (Å²) in [5, 5.41) is 8.70. The number of likely N-dealkylation sites (tertiary alicyclic amines) is 1. The van der Waals surface area contributed by atoms with Gasteiger partial charge in [0.05, 0.1) is 18.8 Å². The van der Waals surface area contributed by atoms with E-state index in [1.807, 2.05) is 24.4 Å². The van der Waals surface area contributed by atoms with Crippen LogP contribution in [0.15, 0.2) is 28.2 Å². The monoisotopic (exact) mass is 334 g/mol. The largest absolute Gasteiger partial charge is 0.468 e. The van der Waals surface area contributed by atoms with Gasteiger partial charge in [-0.25, -0.2) is 9.78 Å². The highest BCUT2D eigenvalue weighted by Crippen LogP contribution is 2.24. The highest BCUT2D eigenvalue weighted by Gasteiger charge is 2.25. The van der Waals surface area contributed by atoms with Gasteiger partial charge in [-0.3, -0.25) is 4.90 Å². The van der Waals surface area contributed by atoms with Crippen LogP contribution in [0.4, 0.5) is 4.79 Å². The number of hydrogen-bond acceptors (Lipinski definition) is 5. The van der Waals surface area contributed by atoms with Crippen LogP contribution in [-0.2, 0) is 6.54 Å². The molecule has 3 heterocycles. The zero-order chi connectivity index (χ0) is 16.1. The predicted octanol–water partition coefficient (Wildman–Crippen LogP) is 2.68. The number of aromatic nitrogens is 1. The van der Waals surface area contributed by atoms with Gasteiger partial charge in [0.2, 0.25) is 0 Å². The maximum atomic E-state index is 12.0. The Bertz CT molecular complexity index is 620. The fraction of sp³-hybridized carbons (Fsp3) is 0.500. The summed E-state index contributed by atoms with van der Waals surface area (Å²) in [6.07, 6.45) is 4.09. The van der Waals surface area contributed by atoms with E-state index in [0.29, 0.717) is 13.1 Å². The van der Waals surface area contributed by atoms with E-state index in [1.165, 1.54) is 12.8 Å². The van der Waals surface area contributed by atoms with Gasteiger partial charge in [-0.05, 0) is 45.0 Å². The molecule has 3 rings (SSSR count). The molecule has 124 valence electrons. The molecule has 1 aliphatic rings. The number of urea groups is 1. The minimum Gasteiger partial charge on any atom is -0.468 e. The number of nitrogens with zero attached hydrogens (tertiary/aromatic N) is 2. The Labute approximate surface area is 139 Å². The smallest absolute Gasteiger partial charge is 0.315 e. The van der Waals surface area contributed by atoms with Gasteiger partial charge >= 0.3 is 6.03 Å². The number of carbonyl (C=O) groups excluding carboxylic acids is 1. The van der Waals surface area contributed by atoms with Crippen LogP contribution in [0.1, 0.15) is 35.3 Å². The molecule has 2 aromatic heterocycles. The Morgan fingerprint density at radius 1 is 1.43 bits per heavy atom. The minimum atomic E-state index is -0.173. The summed E-state index contributed by atoms with van der Waals surface area (Å²) < 4.78 is 5.55. The van der Waals surface area contributed by atoms with Gasteiger partial charge in [-0.15, -0.1) is 11.3 Å². The van der Waals surface area contributed by atoms with Crippen LogP contribution in [0.2, 0.25) is 0 Å². The molecule has 7 heteroatoms. The third-order valence-corrected chi connectivity index (χ3v) is 4.94. The molecule has 1 aliphatic heterocycles. The van der Waals surface area contributed by atoms with Gasteiger partial charge in [-0.1, -0.05) is 0 Å². The molecule has 0 spiro atoms. The number of amides is 2. The lowest BCUT2D eigenvalue weighted by Crippen LogP contribution is -2.41. The van der Waals surface area contributed by atoms with Crippen LogP contribution in [0.25, 0.3) is 0 Å². The van der Waals surface area contributed by atoms with Gasteiger partial charge < -0.3 is 15.1 Å². The number of nitrogens with one attached hydrogen (secondary N) is 2. The summed E-state index contributed by atoms with van der Waals surface area (Å²) in [5.41, 5.74) is 0.985. The molecule has 0 radical (unpaired) electrons. The standard InChI is InChI=1S/C16H22N4O2S/c1-12-11-23-15(19-12)10-18-16(21)17-9-13(14-5-4-8-22-14)20-6-2-3-7-20/h4-5,8,11,13H,2-3,6-7,9-10H2,1H3,(H2,17,18,21). The number of furan rings is 1. The van der Waals surface area contributed by atoms with Crippen molar-refractivity contribution in [2.75, 3.05) is 19.6 Å². The quantitative estimate of drug-likeness (QED) is 0.852. The lowest BCUT2D eigenvalue weighted by atomic mass is 10.2. The first-order valence-corrected chi connectivity index (χ1v) is 8.80. The lowest BCUT2D eigenvalue weighted by Gasteiger charge is -2.26. The lowest BCUT2D eigenvalue weighted by molar-refractivity contribution is 0.203. The second kappa shape index (κ2) is 7.61. The molecule has 2 amide bonds. The Balaban J connectivity index is 1.50. The highest BCUT2D eigenvalue weighted by atomic mass is 32.1. The van der Waals surface area contributed by atoms with Crippen molar-refractivity contribution in [1.29, 1.82) is 0 Å². The molecule has 6 nitrogen and oxygen atoms in total. The van der Waals surface area contributed by atoms with Gasteiger partial charge in [0.15, 0.2) is 0 Å². The van der Waals surface area contributed by atoms with Gasteiger partial charge in [-0.2, -0.15) is 0 Å². The zero-order valence-corrected chi connectivity index (χ0v) is 14.1. The first-order chi connectivity index (χ1) is 11.2. The van der Waals surface area contributed by atoms with E-state index in [2.05, 4.69) is 20.5 Å². The third kappa shape index (κ3) is 4.33. The Hall–Kier alpha value is -1.86. The van der Waals surface area contributed by atoms with Crippen LogP contribution in [0.3, 0.4) is 0 Å². The van der Waals surface area contributed by atoms with E-state index < -0.39 is 0 Å². The highest BCUT2D eigenvalue weighted by molar-refractivity contribution is 7.09. The van der Waals surface area contributed by atoms with E-state index in [0.717, 1.165) is 29.6 Å². The first kappa shape index (κ1) is 16.0. The van der Waals surface area contributed by atoms with Crippen molar-refractivity contribution in [2.24, 2.45) is 0 Å². The summed E-state index contributed by atoms with van der Waals surface area (Å²) in [7, 11) is 0. The number of carbonyl (C=O) groups is 1. The summed E-state index contributed by atoms with van der Waals surface area (Å²) in [5.74, 6) is 0.905. The molecule has 1 atom stereocenters. The van der Waals surface area contributed by atoms with Crippen molar-refractivity contribution < 1.29 is 9.21 Å².